The first kappa shape index (κ1) is 11.3. The smallest absolute Gasteiger partial charge is 0.316 e. The van der Waals surface area contributed by atoms with Gasteiger partial charge in [0, 0.05) is 6.42 Å². The maximum Gasteiger partial charge on any atom is 0.414 e. The van der Waals surface area contributed by atoms with Crippen molar-refractivity contribution in [2.45, 2.75) is 12.6 Å². The highest BCUT2D eigenvalue weighted by Crippen LogP contribution is 2.13. The van der Waals surface area contributed by atoms with Gasteiger partial charge in [-0.05, 0) is 19.0 Å². The van der Waals surface area contributed by atoms with Crippen molar-refractivity contribution < 1.29 is 22.8 Å². The molecule has 1 aliphatic heterocycles. The fourth-order valence-electron chi connectivity index (χ4n) is 0.995. The molecule has 0 aliphatic carbocycles. The maximum absolute atomic E-state index is 11.6. The number of alkyl halides is 3. The second-order valence-electron chi connectivity index (χ2n) is 3.16. The number of nitrogens with one attached hydrogen (secondary N) is 2. The molecular weight excluding hydrogens is 201 g/mol. The molecule has 1 amide bonds. The van der Waals surface area contributed by atoms with Gasteiger partial charge >= 0.3 is 6.18 Å². The molecular formula is C7H11F3N2O2. The molecule has 7 heteroatoms. The average molecular weight is 212 g/mol. The highest BCUT2D eigenvalue weighted by atomic mass is 19.4. The molecule has 0 bridgehead atoms. The van der Waals surface area contributed by atoms with Crippen LogP contribution in [0.1, 0.15) is 6.42 Å². The standard InChI is InChI=1S/C7H11F3N2O2/c8-7(9,10)4-14-12-6(13)1-5-2-11-3-5/h5,11H,1-4H2,(H,12,13). The first-order valence-electron chi connectivity index (χ1n) is 4.15. The first-order valence-corrected chi connectivity index (χ1v) is 4.15. The van der Waals surface area contributed by atoms with Gasteiger partial charge in [0.2, 0.25) is 5.91 Å². The lowest BCUT2D eigenvalue weighted by Crippen LogP contribution is -2.44. The molecule has 0 radical (unpaired) electrons. The fourth-order valence-corrected chi connectivity index (χ4v) is 0.995. The second kappa shape index (κ2) is 4.61. The largest absolute Gasteiger partial charge is 0.414 e. The Bertz CT molecular complexity index is 204. The van der Waals surface area contributed by atoms with Gasteiger partial charge in [-0.3, -0.25) is 9.63 Å². The number of halogens is 3. The molecule has 1 saturated heterocycles. The van der Waals surface area contributed by atoms with E-state index in [0.29, 0.717) is 0 Å². The van der Waals surface area contributed by atoms with Crippen molar-refractivity contribution in [1.82, 2.24) is 10.8 Å². The quantitative estimate of drug-likeness (QED) is 0.655. The van der Waals surface area contributed by atoms with Gasteiger partial charge in [0.05, 0.1) is 0 Å². The molecule has 0 saturated carbocycles. The van der Waals surface area contributed by atoms with Crippen molar-refractivity contribution in [2.24, 2.45) is 5.92 Å². The summed E-state index contributed by atoms with van der Waals surface area (Å²) in [5.74, 6) is -0.301. The summed E-state index contributed by atoms with van der Waals surface area (Å²) in [6.45, 7) is 0.00103. The van der Waals surface area contributed by atoms with Crippen LogP contribution < -0.4 is 10.8 Å². The lowest BCUT2D eigenvalue weighted by atomic mass is 9.99. The predicted molar refractivity (Wildman–Crippen MR) is 41.1 cm³/mol. The summed E-state index contributed by atoms with van der Waals surface area (Å²) in [5, 5.41) is 2.95. The van der Waals surface area contributed by atoms with Crippen molar-refractivity contribution in [3.8, 4) is 0 Å². The number of rotatable bonds is 4. The summed E-state index contributed by atoms with van der Waals surface area (Å²) < 4.78 is 34.7. The molecule has 1 heterocycles. The van der Waals surface area contributed by atoms with Crippen LogP contribution in [0, 0.1) is 5.92 Å². The van der Waals surface area contributed by atoms with Crippen molar-refractivity contribution in [1.29, 1.82) is 0 Å². The van der Waals surface area contributed by atoms with Crippen molar-refractivity contribution in [3.05, 3.63) is 0 Å². The van der Waals surface area contributed by atoms with Crippen LogP contribution in [0.25, 0.3) is 0 Å². The van der Waals surface area contributed by atoms with Crippen LogP contribution >= 0.6 is 0 Å². The Labute approximate surface area is 78.7 Å². The topological polar surface area (TPSA) is 50.4 Å². The van der Waals surface area contributed by atoms with Crippen LogP contribution in [-0.2, 0) is 9.63 Å². The molecule has 1 fully saturated rings. The number of amides is 1. The van der Waals surface area contributed by atoms with E-state index in [1.165, 1.54) is 0 Å². The van der Waals surface area contributed by atoms with Gasteiger partial charge in [-0.2, -0.15) is 13.2 Å². The van der Waals surface area contributed by atoms with Gasteiger partial charge in [-0.25, -0.2) is 5.48 Å². The summed E-state index contributed by atoms with van der Waals surface area (Å²) in [5.41, 5.74) is 1.75. The van der Waals surface area contributed by atoms with Gasteiger partial charge in [-0.15, -0.1) is 0 Å². The minimum absolute atomic E-state index is 0.199. The zero-order valence-corrected chi connectivity index (χ0v) is 7.36. The number of hydrogen-bond acceptors (Lipinski definition) is 3. The van der Waals surface area contributed by atoms with Gasteiger partial charge < -0.3 is 5.32 Å². The predicted octanol–water partition coefficient (Wildman–Crippen LogP) is 0.206. The Morgan fingerprint density at radius 3 is 2.57 bits per heavy atom. The summed E-state index contributed by atoms with van der Waals surface area (Å²) in [4.78, 5) is 14.9. The third-order valence-corrected chi connectivity index (χ3v) is 1.76. The molecule has 82 valence electrons. The molecule has 1 rings (SSSR count). The summed E-state index contributed by atoms with van der Waals surface area (Å²) in [6, 6.07) is 0. The molecule has 0 aromatic carbocycles. The van der Waals surface area contributed by atoms with Gasteiger partial charge in [0.15, 0.2) is 6.61 Å². The van der Waals surface area contributed by atoms with E-state index in [0.717, 1.165) is 13.1 Å². The van der Waals surface area contributed by atoms with Crippen LogP contribution in [0.4, 0.5) is 13.2 Å². The Kier molecular flexibility index (Phi) is 3.70. The number of carbonyl (C=O) groups excluding carboxylic acids is 1. The second-order valence-corrected chi connectivity index (χ2v) is 3.16. The normalized spacial score (nSPS) is 17.6. The van der Waals surface area contributed by atoms with E-state index >= 15 is 0 Å². The minimum atomic E-state index is -4.41. The molecule has 4 nitrogen and oxygen atoms in total. The van der Waals surface area contributed by atoms with Gasteiger partial charge in [0.25, 0.3) is 0 Å². The Balaban J connectivity index is 2.03. The Hall–Kier alpha value is -0.820. The molecule has 2 N–H and O–H groups in total. The van der Waals surface area contributed by atoms with Crippen LogP contribution in [0.3, 0.4) is 0 Å². The number of hydroxylamine groups is 1. The highest BCUT2D eigenvalue weighted by Gasteiger charge is 2.28. The third kappa shape index (κ3) is 4.43. The molecule has 0 unspecified atom stereocenters. The zero-order chi connectivity index (χ0) is 10.6. The molecule has 14 heavy (non-hydrogen) atoms. The number of hydrogen-bond donors (Lipinski definition) is 2. The SMILES string of the molecule is O=C(CC1CNC1)NOCC(F)(F)F. The van der Waals surface area contributed by atoms with E-state index in [1.54, 1.807) is 5.48 Å². The highest BCUT2D eigenvalue weighted by molar-refractivity contribution is 5.75. The van der Waals surface area contributed by atoms with Gasteiger partial charge in [0.1, 0.15) is 0 Å². The van der Waals surface area contributed by atoms with Crippen molar-refractivity contribution >= 4 is 5.91 Å². The summed E-state index contributed by atoms with van der Waals surface area (Å²) in [6.07, 6.45) is -4.21. The average Bonchev–Trinajstić information content (AvgIpc) is 1.94. The molecule has 0 aromatic rings. The summed E-state index contributed by atoms with van der Waals surface area (Å²) in [7, 11) is 0. The lowest BCUT2D eigenvalue weighted by molar-refractivity contribution is -0.192. The van der Waals surface area contributed by atoms with Crippen LogP contribution in [0.15, 0.2) is 0 Å². The minimum Gasteiger partial charge on any atom is -0.316 e. The van der Waals surface area contributed by atoms with Gasteiger partial charge in [-0.1, -0.05) is 0 Å². The number of carbonyl (C=O) groups is 1. The molecule has 1 aliphatic rings. The van der Waals surface area contributed by atoms with E-state index in [9.17, 15) is 18.0 Å². The molecule has 0 aromatic heterocycles. The van der Waals surface area contributed by atoms with Crippen molar-refractivity contribution in [3.63, 3.8) is 0 Å². The lowest BCUT2D eigenvalue weighted by Gasteiger charge is -2.26. The first-order chi connectivity index (χ1) is 6.47. The fraction of sp³-hybridized carbons (Fsp3) is 0.857. The van der Waals surface area contributed by atoms with E-state index in [1.807, 2.05) is 0 Å². The monoisotopic (exact) mass is 212 g/mol. The van der Waals surface area contributed by atoms with Crippen molar-refractivity contribution in [2.75, 3.05) is 19.7 Å². The van der Waals surface area contributed by atoms with E-state index in [4.69, 9.17) is 0 Å². The maximum atomic E-state index is 11.6. The van der Waals surface area contributed by atoms with E-state index < -0.39 is 18.7 Å². The Morgan fingerprint density at radius 1 is 1.50 bits per heavy atom. The van der Waals surface area contributed by atoms with E-state index in [-0.39, 0.29) is 12.3 Å². The third-order valence-electron chi connectivity index (χ3n) is 1.76. The Morgan fingerprint density at radius 2 is 2.14 bits per heavy atom. The van der Waals surface area contributed by atoms with E-state index in [2.05, 4.69) is 10.2 Å². The molecule has 0 atom stereocenters. The van der Waals surface area contributed by atoms with Crippen LogP contribution in [-0.4, -0.2) is 31.8 Å². The zero-order valence-electron chi connectivity index (χ0n) is 7.36. The summed E-state index contributed by atoms with van der Waals surface area (Å²) >= 11 is 0. The van der Waals surface area contributed by atoms with Crippen LogP contribution in [0.2, 0.25) is 0 Å². The van der Waals surface area contributed by atoms with Crippen LogP contribution in [0.5, 0.6) is 0 Å². The molecule has 0 spiro atoms.